The number of fused-ring (bicyclic) bond motifs is 1. The van der Waals surface area contributed by atoms with Crippen molar-refractivity contribution in [3.05, 3.63) is 36.2 Å². The SMILES string of the molecule is CCC(O)(CC)CN[C@H]1CC[C@H](CNc2nc(N3CCOCC3)cc(-n3c(C(F)F)nc4ccccc43)n2)CC1. The van der Waals surface area contributed by atoms with Gasteiger partial charge in [-0.05, 0) is 56.6 Å². The monoisotopic (exact) mass is 557 g/mol. The van der Waals surface area contributed by atoms with Crippen LogP contribution in [0.5, 0.6) is 0 Å². The minimum Gasteiger partial charge on any atom is -0.389 e. The molecule has 1 aliphatic heterocycles. The number of morpholine rings is 1. The first kappa shape index (κ1) is 28.6. The molecule has 3 aromatic rings. The number of rotatable bonds is 11. The first-order chi connectivity index (χ1) is 19.4. The maximum atomic E-state index is 14.1. The Kier molecular flexibility index (Phi) is 9.12. The Morgan fingerprint density at radius 1 is 1.02 bits per heavy atom. The van der Waals surface area contributed by atoms with E-state index < -0.39 is 12.0 Å². The fourth-order valence-electron chi connectivity index (χ4n) is 5.64. The highest BCUT2D eigenvalue weighted by atomic mass is 19.3. The first-order valence-electron chi connectivity index (χ1n) is 14.6. The quantitative estimate of drug-likeness (QED) is 0.312. The molecule has 9 nitrogen and oxygen atoms in total. The number of nitrogens with zero attached hydrogens (tertiary/aromatic N) is 5. The summed E-state index contributed by atoms with van der Waals surface area (Å²) in [5, 5.41) is 17.6. The minimum absolute atomic E-state index is 0.331. The number of aliphatic hydroxyl groups is 1. The second-order valence-corrected chi connectivity index (χ2v) is 11.0. The molecule has 3 heterocycles. The lowest BCUT2D eigenvalue weighted by atomic mass is 9.85. The average molecular weight is 558 g/mol. The van der Waals surface area contributed by atoms with Crippen molar-refractivity contribution in [3.8, 4) is 5.82 Å². The molecule has 11 heteroatoms. The predicted molar refractivity (Wildman–Crippen MR) is 152 cm³/mol. The molecule has 0 unspecified atom stereocenters. The molecule has 1 aromatic carbocycles. The molecule has 0 radical (unpaired) electrons. The van der Waals surface area contributed by atoms with E-state index in [-0.39, 0.29) is 5.82 Å². The van der Waals surface area contributed by atoms with Gasteiger partial charge in [-0.1, -0.05) is 26.0 Å². The van der Waals surface area contributed by atoms with Gasteiger partial charge in [0.25, 0.3) is 6.43 Å². The van der Waals surface area contributed by atoms with Crippen LogP contribution in [0.25, 0.3) is 16.9 Å². The Hall–Kier alpha value is -2.89. The molecule has 0 spiro atoms. The lowest BCUT2D eigenvalue weighted by Gasteiger charge is -2.33. The highest BCUT2D eigenvalue weighted by molar-refractivity contribution is 5.78. The Labute approximate surface area is 234 Å². The second-order valence-electron chi connectivity index (χ2n) is 11.0. The van der Waals surface area contributed by atoms with Crippen molar-refractivity contribution in [2.75, 3.05) is 49.6 Å². The van der Waals surface area contributed by atoms with Crippen molar-refractivity contribution in [2.24, 2.45) is 5.92 Å². The molecular weight excluding hydrogens is 516 g/mol. The molecule has 40 heavy (non-hydrogen) atoms. The smallest absolute Gasteiger partial charge is 0.296 e. The molecule has 0 atom stereocenters. The molecular formula is C29H41F2N7O2. The van der Waals surface area contributed by atoms with Crippen molar-refractivity contribution in [2.45, 2.75) is 70.4 Å². The standard InChI is InChI=1S/C29H41F2N7O2/c1-3-29(39,4-2)19-33-21-11-9-20(10-12-21)18-32-28-35-24(37-13-15-40-16-14-37)17-25(36-28)38-23-8-6-5-7-22(23)34-27(38)26(30)31/h5-8,17,20-21,26,33,39H,3-4,9-16,18-19H2,1-2H3,(H,32,35,36)/t20-,21-. The number of halogens is 2. The zero-order valence-corrected chi connectivity index (χ0v) is 23.5. The van der Waals surface area contributed by atoms with E-state index in [4.69, 9.17) is 14.7 Å². The van der Waals surface area contributed by atoms with Crippen LogP contribution in [0.1, 0.15) is 64.6 Å². The number of hydrogen-bond donors (Lipinski definition) is 3. The number of benzene rings is 1. The van der Waals surface area contributed by atoms with Crippen LogP contribution >= 0.6 is 0 Å². The van der Waals surface area contributed by atoms with Gasteiger partial charge in [-0.2, -0.15) is 9.97 Å². The summed E-state index contributed by atoms with van der Waals surface area (Å²) in [5.41, 5.74) is 0.448. The van der Waals surface area contributed by atoms with Gasteiger partial charge in [0.2, 0.25) is 5.95 Å². The van der Waals surface area contributed by atoms with Crippen LogP contribution < -0.4 is 15.5 Å². The number of hydrogen-bond acceptors (Lipinski definition) is 8. The van der Waals surface area contributed by atoms with Gasteiger partial charge in [-0.15, -0.1) is 0 Å². The van der Waals surface area contributed by atoms with Crippen LogP contribution in [0.2, 0.25) is 0 Å². The summed E-state index contributed by atoms with van der Waals surface area (Å²) >= 11 is 0. The zero-order chi connectivity index (χ0) is 28.1. The van der Waals surface area contributed by atoms with Gasteiger partial charge >= 0.3 is 0 Å². The Morgan fingerprint density at radius 3 is 2.42 bits per heavy atom. The van der Waals surface area contributed by atoms with Crippen molar-refractivity contribution >= 4 is 22.8 Å². The molecule has 0 bridgehead atoms. The van der Waals surface area contributed by atoms with Crippen molar-refractivity contribution in [1.29, 1.82) is 0 Å². The predicted octanol–water partition coefficient (Wildman–Crippen LogP) is 4.70. The van der Waals surface area contributed by atoms with Crippen molar-refractivity contribution in [3.63, 3.8) is 0 Å². The van der Waals surface area contributed by atoms with Crippen LogP contribution in [-0.2, 0) is 4.74 Å². The van der Waals surface area contributed by atoms with E-state index in [2.05, 4.69) is 20.5 Å². The third kappa shape index (κ3) is 6.53. The molecule has 2 fully saturated rings. The van der Waals surface area contributed by atoms with E-state index in [0.29, 0.717) is 80.0 Å². The molecule has 1 aliphatic carbocycles. The van der Waals surface area contributed by atoms with Crippen molar-refractivity contribution in [1.82, 2.24) is 24.8 Å². The van der Waals surface area contributed by atoms with Gasteiger partial charge in [0.15, 0.2) is 5.82 Å². The summed E-state index contributed by atoms with van der Waals surface area (Å²) < 4.78 is 35.2. The summed E-state index contributed by atoms with van der Waals surface area (Å²) in [5.74, 6) is 1.60. The molecule has 0 amide bonds. The van der Waals surface area contributed by atoms with Gasteiger partial charge in [0.05, 0.1) is 29.8 Å². The normalized spacial score (nSPS) is 20.4. The summed E-state index contributed by atoms with van der Waals surface area (Å²) in [4.78, 5) is 15.8. The molecule has 3 N–H and O–H groups in total. The number of nitrogens with one attached hydrogen (secondary N) is 2. The number of para-hydroxylation sites is 2. The summed E-state index contributed by atoms with van der Waals surface area (Å²) in [7, 11) is 0. The Balaban J connectivity index is 1.32. The van der Waals surface area contributed by atoms with E-state index in [9.17, 15) is 13.9 Å². The topological polar surface area (TPSA) is 100 Å². The zero-order valence-electron chi connectivity index (χ0n) is 23.5. The maximum Gasteiger partial charge on any atom is 0.296 e. The highest BCUT2D eigenvalue weighted by Gasteiger charge is 2.27. The lowest BCUT2D eigenvalue weighted by molar-refractivity contribution is 0.0281. The van der Waals surface area contributed by atoms with Crippen molar-refractivity contribution < 1.29 is 18.6 Å². The van der Waals surface area contributed by atoms with Crippen LogP contribution in [0.3, 0.4) is 0 Å². The van der Waals surface area contributed by atoms with E-state index in [1.165, 1.54) is 4.57 Å². The highest BCUT2D eigenvalue weighted by Crippen LogP contribution is 2.30. The molecule has 5 rings (SSSR count). The molecule has 1 saturated carbocycles. The van der Waals surface area contributed by atoms with Gasteiger partial charge in [-0.3, -0.25) is 4.57 Å². The third-order valence-electron chi connectivity index (χ3n) is 8.48. The van der Waals surface area contributed by atoms with E-state index >= 15 is 0 Å². The largest absolute Gasteiger partial charge is 0.389 e. The minimum atomic E-state index is -2.75. The maximum absolute atomic E-state index is 14.1. The van der Waals surface area contributed by atoms with Crippen LogP contribution in [0, 0.1) is 5.92 Å². The van der Waals surface area contributed by atoms with Gasteiger partial charge < -0.3 is 25.4 Å². The summed E-state index contributed by atoms with van der Waals surface area (Å²) in [6.07, 6.45) is 2.95. The molecule has 2 aliphatic rings. The fraction of sp³-hybridized carbons (Fsp3) is 0.621. The van der Waals surface area contributed by atoms with Crippen LogP contribution in [-0.4, -0.2) is 75.7 Å². The number of imidazole rings is 1. The van der Waals surface area contributed by atoms with Crippen LogP contribution in [0.15, 0.2) is 30.3 Å². The molecule has 218 valence electrons. The Bertz CT molecular complexity index is 1250. The van der Waals surface area contributed by atoms with E-state index in [0.717, 1.165) is 38.5 Å². The number of alkyl halides is 2. The van der Waals surface area contributed by atoms with E-state index in [1.807, 2.05) is 19.9 Å². The Morgan fingerprint density at radius 2 is 1.73 bits per heavy atom. The fourth-order valence-corrected chi connectivity index (χ4v) is 5.64. The van der Waals surface area contributed by atoms with Gasteiger partial charge in [0.1, 0.15) is 11.6 Å². The lowest BCUT2D eigenvalue weighted by Crippen LogP contribution is -2.45. The second kappa shape index (κ2) is 12.7. The number of aromatic nitrogens is 4. The first-order valence-corrected chi connectivity index (χ1v) is 14.6. The molecule has 2 aromatic heterocycles. The average Bonchev–Trinajstić information content (AvgIpc) is 3.40. The summed E-state index contributed by atoms with van der Waals surface area (Å²) in [6.45, 7) is 7.90. The van der Waals surface area contributed by atoms with Gasteiger partial charge in [0, 0.05) is 38.3 Å². The number of ether oxygens (including phenoxy) is 1. The third-order valence-corrected chi connectivity index (χ3v) is 8.48. The van der Waals surface area contributed by atoms with Gasteiger partial charge in [-0.25, -0.2) is 13.8 Å². The van der Waals surface area contributed by atoms with Crippen LogP contribution in [0.4, 0.5) is 20.5 Å². The molecule has 1 saturated heterocycles. The van der Waals surface area contributed by atoms with E-state index in [1.54, 1.807) is 24.3 Å². The number of anilines is 2. The summed E-state index contributed by atoms with van der Waals surface area (Å²) in [6, 6.07) is 9.30.